The molecule has 0 spiro atoms. The molecular weight excluding hydrogens is 224 g/mol. The minimum Gasteiger partial charge on any atom is -0.398 e. The third-order valence-corrected chi connectivity index (χ3v) is 3.79. The average Bonchev–Trinajstić information content (AvgIpc) is 2.81. The fourth-order valence-electron chi connectivity index (χ4n) is 2.75. The maximum atomic E-state index is 12.3. The van der Waals surface area contributed by atoms with Gasteiger partial charge in [-0.15, -0.1) is 0 Å². The first-order valence-electron chi connectivity index (χ1n) is 6.69. The summed E-state index contributed by atoms with van der Waals surface area (Å²) in [5.74, 6) is 0.713. The maximum absolute atomic E-state index is 12.3. The van der Waals surface area contributed by atoms with E-state index in [1.807, 2.05) is 37.1 Å². The Kier molecular flexibility index (Phi) is 3.90. The van der Waals surface area contributed by atoms with Crippen molar-refractivity contribution < 1.29 is 4.79 Å². The number of benzene rings is 1. The Morgan fingerprint density at radius 2 is 2.06 bits per heavy atom. The summed E-state index contributed by atoms with van der Waals surface area (Å²) in [6, 6.07) is 5.63. The monoisotopic (exact) mass is 246 g/mol. The van der Waals surface area contributed by atoms with Crippen molar-refractivity contribution in [2.24, 2.45) is 5.92 Å². The molecule has 98 valence electrons. The van der Waals surface area contributed by atoms with Gasteiger partial charge in [-0.25, -0.2) is 0 Å². The van der Waals surface area contributed by atoms with Crippen LogP contribution in [-0.4, -0.2) is 24.4 Å². The molecule has 18 heavy (non-hydrogen) atoms. The molecule has 1 aromatic carbocycles. The molecule has 1 aromatic rings. The molecule has 3 nitrogen and oxygen atoms in total. The normalized spacial score (nSPS) is 15.9. The first-order chi connectivity index (χ1) is 8.58. The van der Waals surface area contributed by atoms with Gasteiger partial charge in [0.2, 0.25) is 0 Å². The molecule has 1 fully saturated rings. The van der Waals surface area contributed by atoms with Crippen LogP contribution in [0.2, 0.25) is 0 Å². The Labute approximate surface area is 109 Å². The van der Waals surface area contributed by atoms with E-state index < -0.39 is 0 Å². The van der Waals surface area contributed by atoms with Gasteiger partial charge in [0.25, 0.3) is 5.91 Å². The third-order valence-electron chi connectivity index (χ3n) is 3.79. The lowest BCUT2D eigenvalue weighted by molar-refractivity contribution is 0.0774. The zero-order valence-corrected chi connectivity index (χ0v) is 11.3. The first-order valence-corrected chi connectivity index (χ1v) is 6.69. The Bertz CT molecular complexity index is 436. The number of aryl methyl sites for hydroxylation is 1. The number of rotatable bonds is 3. The summed E-state index contributed by atoms with van der Waals surface area (Å²) in [5, 5.41) is 0. The van der Waals surface area contributed by atoms with Crippen molar-refractivity contribution in [2.75, 3.05) is 19.3 Å². The van der Waals surface area contributed by atoms with E-state index >= 15 is 0 Å². The Morgan fingerprint density at radius 3 is 2.67 bits per heavy atom. The standard InChI is InChI=1S/C15H22N2O/c1-11-7-8-13(14(16)9-11)15(18)17(2)10-12-5-3-4-6-12/h7-9,12H,3-6,10,16H2,1-2H3. The maximum Gasteiger partial charge on any atom is 0.255 e. The second-order valence-corrected chi connectivity index (χ2v) is 5.43. The molecule has 1 saturated carbocycles. The second kappa shape index (κ2) is 5.42. The number of anilines is 1. The summed E-state index contributed by atoms with van der Waals surface area (Å²) in [6.07, 6.45) is 5.11. The molecule has 0 bridgehead atoms. The molecule has 3 heteroatoms. The molecule has 0 heterocycles. The van der Waals surface area contributed by atoms with Crippen molar-refractivity contribution in [3.8, 4) is 0 Å². The molecule has 0 saturated heterocycles. The van der Waals surface area contributed by atoms with Crippen LogP contribution in [0.5, 0.6) is 0 Å². The highest BCUT2D eigenvalue weighted by molar-refractivity contribution is 5.99. The van der Waals surface area contributed by atoms with Gasteiger partial charge in [0.05, 0.1) is 5.56 Å². The summed E-state index contributed by atoms with van der Waals surface area (Å²) in [4.78, 5) is 14.1. The molecule has 0 radical (unpaired) electrons. The SMILES string of the molecule is Cc1ccc(C(=O)N(C)CC2CCCC2)c(N)c1. The van der Waals surface area contributed by atoms with E-state index in [4.69, 9.17) is 5.73 Å². The van der Waals surface area contributed by atoms with Gasteiger partial charge in [0.15, 0.2) is 0 Å². The molecule has 0 unspecified atom stereocenters. The molecule has 2 rings (SSSR count). The number of nitrogen functional groups attached to an aromatic ring is 1. The Morgan fingerprint density at radius 1 is 1.39 bits per heavy atom. The van der Waals surface area contributed by atoms with Crippen LogP contribution in [0.4, 0.5) is 5.69 Å². The topological polar surface area (TPSA) is 46.3 Å². The number of hydrogen-bond donors (Lipinski definition) is 1. The summed E-state index contributed by atoms with van der Waals surface area (Å²) in [6.45, 7) is 2.83. The van der Waals surface area contributed by atoms with Crippen molar-refractivity contribution in [3.05, 3.63) is 29.3 Å². The van der Waals surface area contributed by atoms with Crippen LogP contribution in [0.1, 0.15) is 41.6 Å². The molecular formula is C15H22N2O. The van der Waals surface area contributed by atoms with Crippen molar-refractivity contribution in [1.82, 2.24) is 4.90 Å². The van der Waals surface area contributed by atoms with Crippen LogP contribution in [-0.2, 0) is 0 Å². The van der Waals surface area contributed by atoms with Crippen LogP contribution in [0.3, 0.4) is 0 Å². The second-order valence-electron chi connectivity index (χ2n) is 5.43. The lowest BCUT2D eigenvalue weighted by Crippen LogP contribution is -2.31. The van der Waals surface area contributed by atoms with E-state index in [-0.39, 0.29) is 5.91 Å². The molecule has 1 amide bonds. The molecule has 1 aliphatic carbocycles. The van der Waals surface area contributed by atoms with Crippen molar-refractivity contribution in [3.63, 3.8) is 0 Å². The smallest absolute Gasteiger partial charge is 0.255 e. The molecule has 1 aliphatic rings. The third kappa shape index (κ3) is 2.84. The molecule has 0 aromatic heterocycles. The summed E-state index contributed by atoms with van der Waals surface area (Å²) < 4.78 is 0. The van der Waals surface area contributed by atoms with E-state index in [0.717, 1.165) is 12.1 Å². The molecule has 0 aliphatic heterocycles. The number of nitrogens with zero attached hydrogens (tertiary/aromatic N) is 1. The highest BCUT2D eigenvalue weighted by atomic mass is 16.2. The van der Waals surface area contributed by atoms with Gasteiger partial charge in [0, 0.05) is 19.3 Å². The minimum atomic E-state index is 0.0411. The van der Waals surface area contributed by atoms with E-state index in [2.05, 4.69) is 0 Å². The number of hydrogen-bond acceptors (Lipinski definition) is 2. The van der Waals surface area contributed by atoms with E-state index in [0.29, 0.717) is 17.2 Å². The van der Waals surface area contributed by atoms with E-state index in [1.54, 1.807) is 0 Å². The van der Waals surface area contributed by atoms with E-state index in [1.165, 1.54) is 25.7 Å². The zero-order chi connectivity index (χ0) is 13.1. The van der Waals surface area contributed by atoms with Gasteiger partial charge in [-0.1, -0.05) is 18.9 Å². The zero-order valence-electron chi connectivity index (χ0n) is 11.3. The van der Waals surface area contributed by atoms with Gasteiger partial charge in [0.1, 0.15) is 0 Å². The number of amides is 1. The molecule has 0 atom stereocenters. The highest BCUT2D eigenvalue weighted by Gasteiger charge is 2.21. The minimum absolute atomic E-state index is 0.0411. The largest absolute Gasteiger partial charge is 0.398 e. The van der Waals surface area contributed by atoms with Crippen molar-refractivity contribution in [1.29, 1.82) is 0 Å². The summed E-state index contributed by atoms with van der Waals surface area (Å²) in [7, 11) is 1.87. The fraction of sp³-hybridized carbons (Fsp3) is 0.533. The van der Waals surface area contributed by atoms with Crippen LogP contribution >= 0.6 is 0 Å². The quantitative estimate of drug-likeness (QED) is 0.834. The predicted molar refractivity (Wildman–Crippen MR) is 74.5 cm³/mol. The molecule has 2 N–H and O–H groups in total. The van der Waals surface area contributed by atoms with Gasteiger partial charge in [-0.05, 0) is 43.4 Å². The first kappa shape index (κ1) is 12.9. The highest BCUT2D eigenvalue weighted by Crippen LogP contribution is 2.26. The summed E-state index contributed by atoms with van der Waals surface area (Å²) >= 11 is 0. The van der Waals surface area contributed by atoms with Crippen molar-refractivity contribution in [2.45, 2.75) is 32.6 Å². The average molecular weight is 246 g/mol. The Hall–Kier alpha value is -1.51. The van der Waals surface area contributed by atoms with Gasteiger partial charge < -0.3 is 10.6 Å². The summed E-state index contributed by atoms with van der Waals surface area (Å²) in [5.41, 5.74) is 8.21. The van der Waals surface area contributed by atoms with Gasteiger partial charge >= 0.3 is 0 Å². The lowest BCUT2D eigenvalue weighted by Gasteiger charge is -2.22. The van der Waals surface area contributed by atoms with Crippen LogP contribution < -0.4 is 5.73 Å². The fourth-order valence-corrected chi connectivity index (χ4v) is 2.75. The number of carbonyl (C=O) groups excluding carboxylic acids is 1. The van der Waals surface area contributed by atoms with E-state index in [9.17, 15) is 4.79 Å². The Balaban J connectivity index is 2.05. The van der Waals surface area contributed by atoms with Gasteiger partial charge in [-0.2, -0.15) is 0 Å². The van der Waals surface area contributed by atoms with Crippen molar-refractivity contribution >= 4 is 11.6 Å². The lowest BCUT2D eigenvalue weighted by atomic mass is 10.1. The van der Waals surface area contributed by atoms with Crippen LogP contribution in [0.15, 0.2) is 18.2 Å². The number of carbonyl (C=O) groups is 1. The van der Waals surface area contributed by atoms with Crippen LogP contribution in [0.25, 0.3) is 0 Å². The number of nitrogens with two attached hydrogens (primary N) is 1. The van der Waals surface area contributed by atoms with Crippen LogP contribution in [0, 0.1) is 12.8 Å². The van der Waals surface area contributed by atoms with Gasteiger partial charge in [-0.3, -0.25) is 4.79 Å². The predicted octanol–water partition coefficient (Wildman–Crippen LogP) is 2.84.